The molecule has 17 N–H and O–H groups in total. The summed E-state index contributed by atoms with van der Waals surface area (Å²) in [5, 5.41) is 103. The van der Waals surface area contributed by atoms with Gasteiger partial charge in [-0.25, -0.2) is 9.97 Å². The van der Waals surface area contributed by atoms with Crippen LogP contribution < -0.4 is 22.5 Å². The van der Waals surface area contributed by atoms with E-state index in [2.05, 4.69) is 32.4 Å². The maximum atomic E-state index is 12.5. The second-order valence-electron chi connectivity index (χ2n) is 15.2. The summed E-state index contributed by atoms with van der Waals surface area (Å²) in [5.74, 6) is -1.31. The van der Waals surface area contributed by atoms with Crippen molar-refractivity contribution in [3.05, 3.63) is 57.1 Å². The zero-order valence-corrected chi connectivity index (χ0v) is 34.4. The number of carbonyl (C=O) groups is 2. The lowest BCUT2D eigenvalue weighted by Gasteiger charge is -2.33. The van der Waals surface area contributed by atoms with Crippen LogP contribution >= 0.6 is 11.6 Å². The van der Waals surface area contributed by atoms with Crippen LogP contribution in [-0.2, 0) is 30.5 Å². The molecule has 0 saturated carbocycles. The Balaban J connectivity index is 1.59. The van der Waals surface area contributed by atoms with E-state index in [1.807, 2.05) is 0 Å². The summed E-state index contributed by atoms with van der Waals surface area (Å²) in [5.41, 5.74) is 22.2. The smallest absolute Gasteiger partial charge is 0.269 e. The molecule has 1 heterocycles. The molecule has 0 bridgehead atoms. The monoisotopic (exact) mass is 870 g/mol. The summed E-state index contributed by atoms with van der Waals surface area (Å²) in [6.45, 7) is -1.83. The summed E-state index contributed by atoms with van der Waals surface area (Å²) in [4.78, 5) is 38.0. The Bertz CT molecular complexity index is 1670. The number of aryl methyl sites for hydroxylation is 2. The number of benzene rings is 1. The van der Waals surface area contributed by atoms with Gasteiger partial charge >= 0.3 is 0 Å². The number of hydrogen-bond donors (Lipinski definition) is 14. The van der Waals surface area contributed by atoms with E-state index in [-0.39, 0.29) is 35.5 Å². The van der Waals surface area contributed by atoms with Gasteiger partial charge in [-0.3, -0.25) is 19.5 Å². The number of aromatic nitrogens is 2. The van der Waals surface area contributed by atoms with E-state index in [1.165, 1.54) is 27.8 Å². The van der Waals surface area contributed by atoms with Crippen LogP contribution in [-0.4, -0.2) is 184 Å². The third kappa shape index (κ3) is 15.2. The molecule has 1 aromatic heterocycles. The number of unbranched alkanes of at least 4 members (excludes halogenated alkanes) is 1. The molecule has 2 amide bonds. The number of primary amides is 2. The van der Waals surface area contributed by atoms with Gasteiger partial charge in [0.1, 0.15) is 53.3 Å². The number of aliphatic hydroxyl groups is 10. The normalized spacial score (nSPS) is 17.9. The minimum absolute atomic E-state index is 0.0156. The molecule has 0 radical (unpaired) electrons. The number of fused-ring (bicyclic) bond motifs is 1. The van der Waals surface area contributed by atoms with Gasteiger partial charge in [0, 0.05) is 19.6 Å². The van der Waals surface area contributed by atoms with Gasteiger partial charge in [0.2, 0.25) is 5.91 Å². The van der Waals surface area contributed by atoms with Gasteiger partial charge in [-0.15, -0.1) is 0 Å². The fourth-order valence-corrected chi connectivity index (χ4v) is 7.40. The van der Waals surface area contributed by atoms with E-state index in [4.69, 9.17) is 39.0 Å². The highest BCUT2D eigenvalue weighted by atomic mass is 35.5. The number of nitrogens with two attached hydrogens (primary N) is 3. The second kappa shape index (κ2) is 25.5. The van der Waals surface area contributed by atoms with Gasteiger partial charge in [-0.05, 0) is 99.6 Å². The van der Waals surface area contributed by atoms with Gasteiger partial charge in [-0.2, -0.15) is 0 Å². The van der Waals surface area contributed by atoms with Crippen LogP contribution in [0.2, 0.25) is 5.15 Å². The number of aliphatic imine (C=N–C) groups is 1. The van der Waals surface area contributed by atoms with E-state index < -0.39 is 93.0 Å². The third-order valence-electron chi connectivity index (χ3n) is 10.7. The van der Waals surface area contributed by atoms with Crippen LogP contribution in [0.25, 0.3) is 0 Å². The average molecular weight is 871 g/mol. The molecular weight excluding hydrogens is 808 g/mol. The standard InChI is InChI=1S/C39H63ClN8O12/c40-30-16-46-31(32(47-30)39(43)60)37(41)45-13-4-3-6-21-9-10-22(24-8-2-1-7-23(21)24)11-12-25(38(42)59)44-14-5-15-48(17-26(51)33(55)35(57)28(53)19-49)18-27(52)34(56)36(58)29(54)20-50/h9-10,16,25-29,33-36,44,49-58H,1-8,11-15,17-20H2,(H2,41,45)(H2,42,59)(H2,43,60)/t25-,26-,27-,28+,29+,33+,34+,35+,36+/m0/s1. The van der Waals surface area contributed by atoms with Crippen LogP contribution in [0.15, 0.2) is 23.3 Å². The molecule has 0 saturated heterocycles. The average Bonchev–Trinajstić information content (AvgIpc) is 3.23. The number of rotatable bonds is 28. The number of nitrogens with one attached hydrogen (secondary N) is 1. The third-order valence-corrected chi connectivity index (χ3v) is 10.9. The number of halogens is 1. The highest BCUT2D eigenvalue weighted by Crippen LogP contribution is 2.30. The highest BCUT2D eigenvalue weighted by Gasteiger charge is 2.34. The summed E-state index contributed by atoms with van der Waals surface area (Å²) in [7, 11) is 0. The van der Waals surface area contributed by atoms with Gasteiger partial charge in [0.15, 0.2) is 5.69 Å². The van der Waals surface area contributed by atoms with E-state index >= 15 is 0 Å². The summed E-state index contributed by atoms with van der Waals surface area (Å²) < 4.78 is 0. The maximum absolute atomic E-state index is 12.5. The Labute approximate surface area is 353 Å². The first-order chi connectivity index (χ1) is 28.5. The first-order valence-corrected chi connectivity index (χ1v) is 20.5. The zero-order valence-electron chi connectivity index (χ0n) is 33.6. The van der Waals surface area contributed by atoms with E-state index in [1.54, 1.807) is 0 Å². The number of amides is 2. The van der Waals surface area contributed by atoms with Crippen molar-refractivity contribution in [2.75, 3.05) is 45.9 Å². The van der Waals surface area contributed by atoms with Crippen LogP contribution in [0.3, 0.4) is 0 Å². The largest absolute Gasteiger partial charge is 0.394 e. The van der Waals surface area contributed by atoms with Crippen molar-refractivity contribution in [1.82, 2.24) is 20.2 Å². The van der Waals surface area contributed by atoms with Gasteiger partial charge in [-0.1, -0.05) is 23.7 Å². The van der Waals surface area contributed by atoms with E-state index in [0.29, 0.717) is 25.8 Å². The Morgan fingerprint density at radius 1 is 0.767 bits per heavy atom. The van der Waals surface area contributed by atoms with E-state index in [9.17, 15) is 50.4 Å². The lowest BCUT2D eigenvalue weighted by atomic mass is 9.82. The molecule has 9 atom stereocenters. The van der Waals surface area contributed by atoms with Crippen molar-refractivity contribution in [3.63, 3.8) is 0 Å². The molecule has 0 aliphatic heterocycles. The molecule has 3 rings (SSSR count). The molecule has 0 unspecified atom stereocenters. The Morgan fingerprint density at radius 3 is 1.82 bits per heavy atom. The number of amidine groups is 1. The number of carbonyl (C=O) groups excluding carboxylic acids is 2. The summed E-state index contributed by atoms with van der Waals surface area (Å²) >= 11 is 5.84. The molecule has 60 heavy (non-hydrogen) atoms. The molecule has 338 valence electrons. The number of nitrogens with zero attached hydrogens (tertiary/aromatic N) is 4. The number of aliphatic hydroxyl groups excluding tert-OH is 10. The van der Waals surface area contributed by atoms with Crippen molar-refractivity contribution in [1.29, 1.82) is 0 Å². The summed E-state index contributed by atoms with van der Waals surface area (Å²) in [6.07, 6.45) is -5.56. The maximum Gasteiger partial charge on any atom is 0.269 e. The topological polar surface area (TPSA) is 368 Å². The molecule has 0 fully saturated rings. The van der Waals surface area contributed by atoms with Crippen molar-refractivity contribution < 1.29 is 60.7 Å². The minimum atomic E-state index is -1.90. The van der Waals surface area contributed by atoms with Crippen molar-refractivity contribution in [2.24, 2.45) is 22.2 Å². The Hall–Kier alpha value is -3.48. The molecule has 21 heteroatoms. The van der Waals surface area contributed by atoms with Crippen LogP contribution in [0.4, 0.5) is 0 Å². The minimum Gasteiger partial charge on any atom is -0.394 e. The second-order valence-corrected chi connectivity index (χ2v) is 15.6. The predicted octanol–water partition coefficient (Wildman–Crippen LogP) is -4.22. The molecule has 2 aromatic rings. The van der Waals surface area contributed by atoms with Crippen LogP contribution in [0.1, 0.15) is 77.0 Å². The first kappa shape index (κ1) is 50.9. The van der Waals surface area contributed by atoms with Crippen molar-refractivity contribution in [3.8, 4) is 0 Å². The lowest BCUT2D eigenvalue weighted by molar-refractivity contribution is -0.130. The molecule has 1 aromatic carbocycles. The quantitative estimate of drug-likeness (QED) is 0.0219. The Kier molecular flexibility index (Phi) is 21.6. The highest BCUT2D eigenvalue weighted by molar-refractivity contribution is 6.29. The fourth-order valence-electron chi connectivity index (χ4n) is 7.27. The Morgan fingerprint density at radius 2 is 1.30 bits per heavy atom. The molecule has 20 nitrogen and oxygen atoms in total. The van der Waals surface area contributed by atoms with Gasteiger partial charge in [0.25, 0.3) is 5.91 Å². The SMILES string of the molecule is NC(=O)c1nc(Cl)cnc1C(N)=NCCCCc1ccc(CC[C@H](NCCCN(C[C@H](O)[C@@H](O)[C@H](O)[C@H](O)CO)C[C@H](O)[C@@H](O)[C@H](O)[C@H](O)CO)C(N)=O)c2c1CCCC2. The number of hydrogen-bond acceptors (Lipinski definition) is 17. The zero-order chi connectivity index (χ0) is 44.5. The van der Waals surface area contributed by atoms with Gasteiger partial charge < -0.3 is 73.6 Å². The fraction of sp³-hybridized carbons (Fsp3) is 0.667. The van der Waals surface area contributed by atoms with Crippen molar-refractivity contribution >= 4 is 29.3 Å². The predicted molar refractivity (Wildman–Crippen MR) is 220 cm³/mol. The molecule has 0 spiro atoms. The van der Waals surface area contributed by atoms with E-state index in [0.717, 1.165) is 50.5 Å². The van der Waals surface area contributed by atoms with Crippen LogP contribution in [0, 0.1) is 0 Å². The first-order valence-electron chi connectivity index (χ1n) is 20.2. The van der Waals surface area contributed by atoms with Gasteiger partial charge in [0.05, 0.1) is 37.7 Å². The lowest BCUT2D eigenvalue weighted by Crippen LogP contribution is -2.53. The van der Waals surface area contributed by atoms with Crippen LogP contribution in [0.5, 0.6) is 0 Å². The summed E-state index contributed by atoms with van der Waals surface area (Å²) in [6, 6.07) is 3.53. The molecule has 1 aliphatic carbocycles. The molecule has 1 aliphatic rings. The molecular formula is C39H63ClN8O12. The van der Waals surface area contributed by atoms with Crippen molar-refractivity contribution in [2.45, 2.75) is 119 Å².